The molecule has 1 nitrogen and oxygen atoms in total. The van der Waals surface area contributed by atoms with Crippen LogP contribution in [0.25, 0.3) is 0 Å². The zero-order valence-electron chi connectivity index (χ0n) is 10.9. The molecular formula is C9H3F15O. The topological polar surface area (TPSA) is 9.23 Å². The highest BCUT2D eigenvalue weighted by Gasteiger charge is 2.88. The first-order valence-electron chi connectivity index (χ1n) is 5.27. The SMILES string of the molecule is FC(F)=COC(F)(F)C(F)(F)C(F)(F)C(F)(F)C(F)(F)CC(F)(F)F. The van der Waals surface area contributed by atoms with Crippen LogP contribution < -0.4 is 0 Å². The summed E-state index contributed by atoms with van der Waals surface area (Å²) in [5.41, 5.74) is 0. The van der Waals surface area contributed by atoms with E-state index in [1.165, 1.54) is 0 Å². The van der Waals surface area contributed by atoms with E-state index >= 15 is 0 Å². The minimum Gasteiger partial charge on any atom is -0.430 e. The summed E-state index contributed by atoms with van der Waals surface area (Å²) >= 11 is 0. The molecule has 0 aromatic carbocycles. The average molecular weight is 412 g/mol. The van der Waals surface area contributed by atoms with Crippen LogP contribution in [0.2, 0.25) is 0 Å². The van der Waals surface area contributed by atoms with Crippen molar-refractivity contribution in [1.82, 2.24) is 0 Å². The van der Waals surface area contributed by atoms with Crippen molar-refractivity contribution < 1.29 is 70.6 Å². The van der Waals surface area contributed by atoms with E-state index in [0.29, 0.717) is 0 Å². The quantitative estimate of drug-likeness (QED) is 0.378. The summed E-state index contributed by atoms with van der Waals surface area (Å²) < 4.78 is 188. The summed E-state index contributed by atoms with van der Waals surface area (Å²) in [6, 6.07) is 0. The second-order valence-corrected chi connectivity index (χ2v) is 4.26. The maximum Gasteiger partial charge on any atom is 0.470 e. The molecule has 0 aliphatic carbocycles. The van der Waals surface area contributed by atoms with Gasteiger partial charge in [-0.05, 0) is 0 Å². The molecule has 16 heteroatoms. The van der Waals surface area contributed by atoms with Gasteiger partial charge in [-0.3, -0.25) is 0 Å². The second-order valence-electron chi connectivity index (χ2n) is 4.26. The van der Waals surface area contributed by atoms with Gasteiger partial charge in [0, 0.05) is 0 Å². The molecule has 0 bridgehead atoms. The number of ether oxygens (including phenoxy) is 1. The van der Waals surface area contributed by atoms with E-state index in [4.69, 9.17) is 0 Å². The molecular weight excluding hydrogens is 409 g/mol. The van der Waals surface area contributed by atoms with Crippen molar-refractivity contribution in [1.29, 1.82) is 0 Å². The number of hydrogen-bond donors (Lipinski definition) is 0. The number of alkyl halides is 13. The number of rotatable bonds is 7. The van der Waals surface area contributed by atoms with Gasteiger partial charge in [-0.2, -0.15) is 65.9 Å². The number of halogens is 15. The highest BCUT2D eigenvalue weighted by molar-refractivity contribution is 5.07. The normalized spacial score (nSPS) is 15.2. The lowest BCUT2D eigenvalue weighted by Crippen LogP contribution is -2.68. The van der Waals surface area contributed by atoms with Crippen LogP contribution in [0.15, 0.2) is 12.3 Å². The van der Waals surface area contributed by atoms with E-state index in [9.17, 15) is 65.9 Å². The standard InChI is InChI=1S/C9H3F15O/c10-3(11)1-25-9(23,24)8(21,22)7(19,20)6(17,18)4(12,13)2-5(14,15)16/h1H,2H2. The third-order valence-corrected chi connectivity index (χ3v) is 2.33. The van der Waals surface area contributed by atoms with E-state index in [1.807, 2.05) is 0 Å². The minimum atomic E-state index is -7.85. The first-order valence-corrected chi connectivity index (χ1v) is 5.27. The van der Waals surface area contributed by atoms with Gasteiger partial charge in [0.05, 0.1) is 0 Å². The maximum atomic E-state index is 13.0. The Hall–Kier alpha value is -1.51. The molecule has 0 radical (unpaired) electrons. The summed E-state index contributed by atoms with van der Waals surface area (Å²) in [4.78, 5) is 0. The highest BCUT2D eigenvalue weighted by Crippen LogP contribution is 2.58. The molecule has 0 N–H and O–H groups in total. The predicted octanol–water partition coefficient (Wildman–Crippen LogP) is 5.83. The van der Waals surface area contributed by atoms with Crippen LogP contribution in [0.1, 0.15) is 6.42 Å². The van der Waals surface area contributed by atoms with Gasteiger partial charge in [-0.25, -0.2) is 0 Å². The maximum absolute atomic E-state index is 13.0. The molecule has 0 fully saturated rings. The van der Waals surface area contributed by atoms with Gasteiger partial charge < -0.3 is 4.74 Å². The van der Waals surface area contributed by atoms with Gasteiger partial charge in [0.15, 0.2) is 6.26 Å². The monoisotopic (exact) mass is 412 g/mol. The highest BCUT2D eigenvalue weighted by atomic mass is 19.4. The van der Waals surface area contributed by atoms with Gasteiger partial charge in [-0.1, -0.05) is 0 Å². The molecule has 0 heterocycles. The summed E-state index contributed by atoms with van der Waals surface area (Å²) in [6.07, 6.45) is -22.2. The van der Waals surface area contributed by atoms with Crippen LogP contribution in [-0.2, 0) is 4.74 Å². The summed E-state index contributed by atoms with van der Waals surface area (Å²) in [5, 5.41) is 0. The van der Waals surface area contributed by atoms with Crippen LogP contribution in [0.5, 0.6) is 0 Å². The Morgan fingerprint density at radius 1 is 0.640 bits per heavy atom. The fraction of sp³-hybridized carbons (Fsp3) is 0.778. The molecule has 25 heavy (non-hydrogen) atoms. The zero-order chi connectivity index (χ0) is 20.7. The van der Waals surface area contributed by atoms with Crippen LogP contribution in [0.3, 0.4) is 0 Å². The third kappa shape index (κ3) is 4.37. The van der Waals surface area contributed by atoms with Gasteiger partial charge in [0.1, 0.15) is 6.42 Å². The predicted molar refractivity (Wildman–Crippen MR) is 46.8 cm³/mol. The Bertz CT molecular complexity index is 498. The van der Waals surface area contributed by atoms with Crippen molar-refractivity contribution in [3.63, 3.8) is 0 Å². The minimum absolute atomic E-state index is 1.59. The molecule has 150 valence electrons. The van der Waals surface area contributed by atoms with E-state index in [1.54, 1.807) is 0 Å². The largest absolute Gasteiger partial charge is 0.470 e. The Kier molecular flexibility index (Phi) is 5.95. The molecule has 0 aliphatic rings. The van der Waals surface area contributed by atoms with Crippen LogP contribution in [0, 0.1) is 0 Å². The molecule has 0 saturated carbocycles. The molecule has 0 amide bonds. The van der Waals surface area contributed by atoms with Crippen LogP contribution in [0.4, 0.5) is 65.9 Å². The molecule has 0 saturated heterocycles. The Labute approximate surface area is 127 Å². The van der Waals surface area contributed by atoms with E-state index < -0.39 is 54.7 Å². The molecule has 0 spiro atoms. The summed E-state index contributed by atoms with van der Waals surface area (Å²) in [6.45, 7) is 0. The molecule has 0 unspecified atom stereocenters. The van der Waals surface area contributed by atoms with Crippen molar-refractivity contribution in [2.75, 3.05) is 0 Å². The second kappa shape index (κ2) is 6.34. The third-order valence-electron chi connectivity index (χ3n) is 2.33. The van der Waals surface area contributed by atoms with Gasteiger partial charge >= 0.3 is 42.1 Å². The Balaban J connectivity index is 6.03. The Morgan fingerprint density at radius 2 is 1.04 bits per heavy atom. The lowest BCUT2D eigenvalue weighted by Gasteiger charge is -2.38. The molecule has 0 aliphatic heterocycles. The molecule has 0 aromatic rings. The van der Waals surface area contributed by atoms with Gasteiger partial charge in [0.2, 0.25) is 0 Å². The lowest BCUT2D eigenvalue weighted by molar-refractivity contribution is -0.441. The summed E-state index contributed by atoms with van der Waals surface area (Å²) in [7, 11) is 0. The van der Waals surface area contributed by atoms with Crippen molar-refractivity contribution >= 4 is 0 Å². The van der Waals surface area contributed by atoms with Gasteiger partial charge in [-0.15, -0.1) is 0 Å². The van der Waals surface area contributed by atoms with Gasteiger partial charge in [0.25, 0.3) is 0 Å². The van der Waals surface area contributed by atoms with Crippen LogP contribution >= 0.6 is 0 Å². The van der Waals surface area contributed by atoms with Crippen molar-refractivity contribution in [2.24, 2.45) is 0 Å². The van der Waals surface area contributed by atoms with Crippen LogP contribution in [-0.4, -0.2) is 36.0 Å². The van der Waals surface area contributed by atoms with E-state index in [0.717, 1.165) is 0 Å². The smallest absolute Gasteiger partial charge is 0.430 e. The fourth-order valence-electron chi connectivity index (χ4n) is 1.16. The molecule has 0 rings (SSSR count). The first kappa shape index (κ1) is 23.5. The lowest BCUT2D eigenvalue weighted by atomic mass is 9.95. The van der Waals surface area contributed by atoms with Crippen molar-refractivity contribution in [2.45, 2.75) is 42.4 Å². The summed E-state index contributed by atoms with van der Waals surface area (Å²) in [5.74, 6) is -30.1. The van der Waals surface area contributed by atoms with E-state index in [-0.39, 0.29) is 0 Å². The van der Waals surface area contributed by atoms with Crippen molar-refractivity contribution in [3.8, 4) is 0 Å². The van der Waals surface area contributed by atoms with Crippen molar-refractivity contribution in [3.05, 3.63) is 12.3 Å². The van der Waals surface area contributed by atoms with E-state index in [2.05, 4.69) is 4.74 Å². The Morgan fingerprint density at radius 3 is 1.36 bits per heavy atom. The average Bonchev–Trinajstić information content (AvgIpc) is 2.32. The number of hydrogen-bond acceptors (Lipinski definition) is 1. The molecule has 0 aromatic heterocycles. The molecule has 0 atom stereocenters. The fourth-order valence-corrected chi connectivity index (χ4v) is 1.16. The zero-order valence-corrected chi connectivity index (χ0v) is 10.9. The first-order chi connectivity index (χ1) is 10.6.